The van der Waals surface area contributed by atoms with Crippen molar-refractivity contribution in [1.29, 1.82) is 0 Å². The number of ether oxygens (including phenoxy) is 2. The number of hydrogen-bond donors (Lipinski definition) is 0. The van der Waals surface area contributed by atoms with E-state index in [0.717, 1.165) is 67.8 Å². The monoisotopic (exact) mass is 450 g/mol. The second-order valence-electron chi connectivity index (χ2n) is 8.20. The summed E-state index contributed by atoms with van der Waals surface area (Å²) in [6.07, 6.45) is 0.796. The van der Waals surface area contributed by atoms with Gasteiger partial charge in [-0.05, 0) is 35.4 Å². The second-order valence-corrected chi connectivity index (χ2v) is 8.64. The maximum Gasteiger partial charge on any atom is 0.162 e. The van der Waals surface area contributed by atoms with Gasteiger partial charge in [0.1, 0.15) is 6.10 Å². The molecule has 0 aromatic heterocycles. The summed E-state index contributed by atoms with van der Waals surface area (Å²) in [5.74, 6) is 1.50. The normalized spacial score (nSPS) is 15.9. The third-order valence-corrected chi connectivity index (χ3v) is 6.22. The van der Waals surface area contributed by atoms with E-state index in [1.54, 1.807) is 7.11 Å². The van der Waals surface area contributed by atoms with Crippen molar-refractivity contribution in [2.24, 2.45) is 0 Å². The summed E-state index contributed by atoms with van der Waals surface area (Å²) in [6, 6.07) is 26.5. The molecule has 3 aromatic rings. The van der Waals surface area contributed by atoms with Gasteiger partial charge in [0, 0.05) is 50.7 Å². The molecule has 0 spiro atoms. The molecule has 4 rings (SSSR count). The minimum absolute atomic E-state index is 0.0904. The van der Waals surface area contributed by atoms with Crippen LogP contribution in [0.2, 0.25) is 5.02 Å². The first kappa shape index (κ1) is 22.7. The summed E-state index contributed by atoms with van der Waals surface area (Å²) >= 11 is 6.29. The Labute approximate surface area is 196 Å². The molecule has 0 N–H and O–H groups in total. The zero-order valence-electron chi connectivity index (χ0n) is 18.6. The lowest BCUT2D eigenvalue weighted by molar-refractivity contribution is 0.106. The van der Waals surface area contributed by atoms with Crippen LogP contribution in [0.25, 0.3) is 0 Å². The maximum atomic E-state index is 6.45. The van der Waals surface area contributed by atoms with E-state index in [1.165, 1.54) is 5.56 Å². The van der Waals surface area contributed by atoms with Crippen LogP contribution in [0.3, 0.4) is 0 Å². The van der Waals surface area contributed by atoms with Gasteiger partial charge < -0.3 is 14.4 Å². The predicted molar refractivity (Wildman–Crippen MR) is 131 cm³/mol. The average Bonchev–Trinajstić information content (AvgIpc) is 2.83. The van der Waals surface area contributed by atoms with E-state index >= 15 is 0 Å². The Kier molecular flexibility index (Phi) is 8.05. The zero-order valence-corrected chi connectivity index (χ0v) is 19.4. The average molecular weight is 451 g/mol. The summed E-state index contributed by atoms with van der Waals surface area (Å²) in [4.78, 5) is 5.07. The predicted octanol–water partition coefficient (Wildman–Crippen LogP) is 5.68. The van der Waals surface area contributed by atoms with Crippen LogP contribution in [0.5, 0.6) is 11.5 Å². The highest BCUT2D eigenvalue weighted by molar-refractivity contribution is 6.30. The standard InChI is InChI=1S/C27H31ClN2O2/c1-31-26-12-5-6-13-27(26)32-25(23-10-7-11-24(28)20-23)14-15-29-16-18-30(19-17-29)21-22-8-3-2-4-9-22/h2-13,20,25H,14-19,21H2,1H3. The van der Waals surface area contributed by atoms with E-state index in [4.69, 9.17) is 21.1 Å². The van der Waals surface area contributed by atoms with E-state index in [2.05, 4.69) is 46.2 Å². The van der Waals surface area contributed by atoms with E-state index in [-0.39, 0.29) is 6.10 Å². The molecule has 1 fully saturated rings. The minimum Gasteiger partial charge on any atom is -0.493 e. The van der Waals surface area contributed by atoms with Gasteiger partial charge in [0.25, 0.3) is 0 Å². The Morgan fingerprint density at radius 3 is 2.22 bits per heavy atom. The van der Waals surface area contributed by atoms with Crippen molar-refractivity contribution in [2.75, 3.05) is 39.8 Å². The summed E-state index contributed by atoms with van der Waals surface area (Å²) in [7, 11) is 1.67. The Balaban J connectivity index is 1.36. The molecule has 0 aliphatic carbocycles. The van der Waals surface area contributed by atoms with Gasteiger partial charge in [-0.15, -0.1) is 0 Å². The lowest BCUT2D eigenvalue weighted by Crippen LogP contribution is -2.46. The van der Waals surface area contributed by atoms with Crippen LogP contribution in [0.4, 0.5) is 0 Å². The highest BCUT2D eigenvalue weighted by Crippen LogP contribution is 2.33. The summed E-state index contributed by atoms with van der Waals surface area (Å²) < 4.78 is 11.9. The van der Waals surface area contributed by atoms with Gasteiger partial charge in [-0.1, -0.05) is 66.2 Å². The molecule has 0 bridgehead atoms. The first-order valence-electron chi connectivity index (χ1n) is 11.2. The van der Waals surface area contributed by atoms with Gasteiger partial charge in [0.2, 0.25) is 0 Å². The van der Waals surface area contributed by atoms with E-state index < -0.39 is 0 Å². The summed E-state index contributed by atoms with van der Waals surface area (Å²) in [5.41, 5.74) is 2.47. The molecule has 168 valence electrons. The third kappa shape index (κ3) is 6.26. The number of piperazine rings is 1. The molecular weight excluding hydrogens is 420 g/mol. The summed E-state index contributed by atoms with van der Waals surface area (Å²) in [6.45, 7) is 6.32. The lowest BCUT2D eigenvalue weighted by Gasteiger charge is -2.35. The SMILES string of the molecule is COc1ccccc1OC(CCN1CCN(Cc2ccccc2)CC1)c1cccc(Cl)c1. The fourth-order valence-electron chi connectivity index (χ4n) is 4.18. The smallest absolute Gasteiger partial charge is 0.162 e. The van der Waals surface area contributed by atoms with Crippen LogP contribution >= 0.6 is 11.6 Å². The van der Waals surface area contributed by atoms with Gasteiger partial charge >= 0.3 is 0 Å². The number of rotatable bonds is 9. The van der Waals surface area contributed by atoms with Crippen LogP contribution in [0.15, 0.2) is 78.9 Å². The number of halogens is 1. The zero-order chi connectivity index (χ0) is 22.2. The van der Waals surface area contributed by atoms with Crippen molar-refractivity contribution >= 4 is 11.6 Å². The van der Waals surface area contributed by atoms with Gasteiger partial charge in [0.05, 0.1) is 7.11 Å². The van der Waals surface area contributed by atoms with Crippen molar-refractivity contribution in [3.63, 3.8) is 0 Å². The Bertz CT molecular complexity index is 974. The molecule has 0 saturated carbocycles. The van der Waals surface area contributed by atoms with Crippen LogP contribution in [-0.4, -0.2) is 49.6 Å². The topological polar surface area (TPSA) is 24.9 Å². The molecule has 1 atom stereocenters. The molecule has 3 aromatic carbocycles. The highest BCUT2D eigenvalue weighted by Gasteiger charge is 2.21. The van der Waals surface area contributed by atoms with Crippen molar-refractivity contribution in [3.05, 3.63) is 95.0 Å². The molecule has 4 nitrogen and oxygen atoms in total. The number of benzene rings is 3. The van der Waals surface area contributed by atoms with Crippen molar-refractivity contribution in [1.82, 2.24) is 9.80 Å². The molecule has 1 saturated heterocycles. The maximum absolute atomic E-state index is 6.45. The number of methoxy groups -OCH3 is 1. The van der Waals surface area contributed by atoms with Crippen LogP contribution < -0.4 is 9.47 Å². The third-order valence-electron chi connectivity index (χ3n) is 5.98. The fraction of sp³-hybridized carbons (Fsp3) is 0.333. The molecule has 1 aliphatic rings. The Morgan fingerprint density at radius 2 is 1.50 bits per heavy atom. The van der Waals surface area contributed by atoms with Gasteiger partial charge in [-0.25, -0.2) is 0 Å². The summed E-state index contributed by atoms with van der Waals surface area (Å²) in [5, 5.41) is 0.727. The second kappa shape index (κ2) is 11.4. The fourth-order valence-corrected chi connectivity index (χ4v) is 4.38. The molecule has 0 radical (unpaired) electrons. The molecule has 0 amide bonds. The van der Waals surface area contributed by atoms with Crippen molar-refractivity contribution in [3.8, 4) is 11.5 Å². The molecule has 1 unspecified atom stereocenters. The van der Waals surface area contributed by atoms with E-state index in [0.29, 0.717) is 0 Å². The molecule has 5 heteroatoms. The van der Waals surface area contributed by atoms with Gasteiger partial charge in [-0.3, -0.25) is 4.90 Å². The molecule has 1 heterocycles. The van der Waals surface area contributed by atoms with Gasteiger partial charge in [0.15, 0.2) is 11.5 Å². The molecular formula is C27H31ClN2O2. The number of nitrogens with zero attached hydrogens (tertiary/aromatic N) is 2. The van der Waals surface area contributed by atoms with E-state index in [9.17, 15) is 0 Å². The Hall–Kier alpha value is -2.53. The number of para-hydroxylation sites is 2. The van der Waals surface area contributed by atoms with Crippen LogP contribution in [0.1, 0.15) is 23.7 Å². The minimum atomic E-state index is -0.0904. The van der Waals surface area contributed by atoms with Crippen molar-refractivity contribution in [2.45, 2.75) is 19.1 Å². The Morgan fingerprint density at radius 1 is 0.812 bits per heavy atom. The van der Waals surface area contributed by atoms with Crippen molar-refractivity contribution < 1.29 is 9.47 Å². The first-order valence-corrected chi connectivity index (χ1v) is 11.6. The molecule has 32 heavy (non-hydrogen) atoms. The highest BCUT2D eigenvalue weighted by atomic mass is 35.5. The number of hydrogen-bond acceptors (Lipinski definition) is 4. The van der Waals surface area contributed by atoms with E-state index in [1.807, 2.05) is 42.5 Å². The molecule has 1 aliphatic heterocycles. The van der Waals surface area contributed by atoms with Crippen LogP contribution in [-0.2, 0) is 6.54 Å². The van der Waals surface area contributed by atoms with Gasteiger partial charge in [-0.2, -0.15) is 0 Å². The lowest BCUT2D eigenvalue weighted by atomic mass is 10.1. The first-order chi connectivity index (χ1) is 15.7. The van der Waals surface area contributed by atoms with Crippen LogP contribution in [0, 0.1) is 0 Å². The largest absolute Gasteiger partial charge is 0.493 e. The quantitative estimate of drug-likeness (QED) is 0.419.